The van der Waals surface area contributed by atoms with E-state index >= 15 is 0 Å². The van der Waals surface area contributed by atoms with Crippen LogP contribution in [0.15, 0.2) is 37.1 Å². The van der Waals surface area contributed by atoms with Crippen LogP contribution in [-0.4, -0.2) is 38.1 Å². The Morgan fingerprint density at radius 2 is 2.07 bits per heavy atom. The molecule has 1 rings (SSSR count). The maximum atomic E-state index is 9.33. The van der Waals surface area contributed by atoms with E-state index in [1.807, 2.05) is 31.5 Å². The molecule has 5 nitrogen and oxygen atoms in total. The van der Waals surface area contributed by atoms with Crippen LogP contribution >= 0.6 is 0 Å². The van der Waals surface area contributed by atoms with Crippen molar-refractivity contribution < 1.29 is 17.2 Å². The molecule has 15 heavy (non-hydrogen) atoms. The lowest BCUT2D eigenvalue weighted by atomic mass is 10.2. The molecule has 1 N–H and O–H groups in total. The van der Waals surface area contributed by atoms with Gasteiger partial charge in [-0.2, -0.15) is 8.42 Å². The summed E-state index contributed by atoms with van der Waals surface area (Å²) in [5, 5.41) is 0. The Morgan fingerprint density at radius 3 is 2.33 bits per heavy atom. The molecule has 0 bridgehead atoms. The van der Waals surface area contributed by atoms with Crippen molar-refractivity contribution in [2.45, 2.75) is 6.04 Å². The van der Waals surface area contributed by atoms with Crippen molar-refractivity contribution >= 4 is 10.4 Å². The Bertz CT molecular complexity index is 345. The number of nitrogens with zero attached hydrogens (tertiary/aromatic N) is 1. The summed E-state index contributed by atoms with van der Waals surface area (Å²) in [4.78, 5) is 2.10. The molecule has 0 aromatic carbocycles. The summed E-state index contributed by atoms with van der Waals surface area (Å²) in [5.41, 5.74) is 0. The van der Waals surface area contributed by atoms with Gasteiger partial charge in [-0.1, -0.05) is 18.2 Å². The molecule has 1 atom stereocenters. The van der Waals surface area contributed by atoms with Crippen molar-refractivity contribution in [3.63, 3.8) is 0 Å². The predicted molar refractivity (Wildman–Crippen MR) is 58.6 cm³/mol. The van der Waals surface area contributed by atoms with Crippen LogP contribution in [0.5, 0.6) is 0 Å². The SMILES string of the molecule is C=CC1C=CC=CN1C.COS(=O)(=O)O. The van der Waals surface area contributed by atoms with Crippen molar-refractivity contribution in [1.29, 1.82) is 0 Å². The molecular formula is C9H15NO4S. The van der Waals surface area contributed by atoms with Crippen LogP contribution in [0.1, 0.15) is 0 Å². The van der Waals surface area contributed by atoms with E-state index in [0.29, 0.717) is 6.04 Å². The van der Waals surface area contributed by atoms with Crippen LogP contribution in [0.2, 0.25) is 0 Å². The Balaban J connectivity index is 0.000000288. The number of allylic oxidation sites excluding steroid dienone is 2. The van der Waals surface area contributed by atoms with E-state index in [1.165, 1.54) is 0 Å². The molecular weight excluding hydrogens is 218 g/mol. The third-order valence-corrected chi connectivity index (χ3v) is 2.08. The number of rotatable bonds is 2. The van der Waals surface area contributed by atoms with Gasteiger partial charge in [0.15, 0.2) is 0 Å². The minimum Gasteiger partial charge on any atom is -0.371 e. The van der Waals surface area contributed by atoms with Gasteiger partial charge in [0, 0.05) is 7.05 Å². The maximum Gasteiger partial charge on any atom is 0.397 e. The molecule has 1 unspecified atom stereocenters. The molecule has 0 aromatic heterocycles. The fraction of sp³-hybridized carbons (Fsp3) is 0.333. The zero-order valence-electron chi connectivity index (χ0n) is 8.70. The monoisotopic (exact) mass is 233 g/mol. The molecule has 1 aliphatic rings. The zero-order valence-corrected chi connectivity index (χ0v) is 9.52. The van der Waals surface area contributed by atoms with Crippen LogP contribution in [0.4, 0.5) is 0 Å². The van der Waals surface area contributed by atoms with Crippen LogP contribution in [0.25, 0.3) is 0 Å². The molecule has 0 saturated heterocycles. The third-order valence-electron chi connectivity index (χ3n) is 1.66. The summed E-state index contributed by atoms with van der Waals surface area (Å²) in [7, 11) is -1.26. The highest BCUT2D eigenvalue weighted by Gasteiger charge is 2.03. The third kappa shape index (κ3) is 6.89. The van der Waals surface area contributed by atoms with Gasteiger partial charge in [-0.3, -0.25) is 8.74 Å². The topological polar surface area (TPSA) is 66.8 Å². The van der Waals surface area contributed by atoms with Gasteiger partial charge in [-0.15, -0.1) is 6.58 Å². The summed E-state index contributed by atoms with van der Waals surface area (Å²) < 4.78 is 29.7. The van der Waals surface area contributed by atoms with Gasteiger partial charge in [0.25, 0.3) is 0 Å². The first-order valence-electron chi connectivity index (χ1n) is 4.13. The fourth-order valence-corrected chi connectivity index (χ4v) is 0.843. The highest BCUT2D eigenvalue weighted by atomic mass is 32.3. The zero-order chi connectivity index (χ0) is 11.9. The molecule has 0 aromatic rings. The van der Waals surface area contributed by atoms with E-state index in [2.05, 4.69) is 21.7 Å². The van der Waals surface area contributed by atoms with Crippen LogP contribution < -0.4 is 0 Å². The van der Waals surface area contributed by atoms with Gasteiger partial charge in [0.05, 0.1) is 13.2 Å². The molecule has 0 spiro atoms. The second kappa shape index (κ2) is 6.39. The highest BCUT2D eigenvalue weighted by molar-refractivity contribution is 7.80. The average molecular weight is 233 g/mol. The maximum absolute atomic E-state index is 9.33. The second-order valence-corrected chi connectivity index (χ2v) is 3.90. The molecule has 0 amide bonds. The highest BCUT2D eigenvalue weighted by Crippen LogP contribution is 2.04. The summed E-state index contributed by atoms with van der Waals surface area (Å²) in [5.74, 6) is 0. The molecule has 1 heterocycles. The first-order valence-corrected chi connectivity index (χ1v) is 5.49. The average Bonchev–Trinajstić information content (AvgIpc) is 2.18. The van der Waals surface area contributed by atoms with E-state index in [-0.39, 0.29) is 0 Å². The van der Waals surface area contributed by atoms with E-state index in [1.54, 1.807) is 0 Å². The fourth-order valence-electron chi connectivity index (χ4n) is 0.843. The summed E-state index contributed by atoms with van der Waals surface area (Å²) >= 11 is 0. The summed E-state index contributed by atoms with van der Waals surface area (Å²) in [6.07, 6.45) is 10.1. The van der Waals surface area contributed by atoms with E-state index in [4.69, 9.17) is 4.55 Å². The Morgan fingerprint density at radius 1 is 1.53 bits per heavy atom. The Hall–Kier alpha value is -1.11. The van der Waals surface area contributed by atoms with Gasteiger partial charge in [-0.25, -0.2) is 0 Å². The van der Waals surface area contributed by atoms with Crippen LogP contribution in [0.3, 0.4) is 0 Å². The van der Waals surface area contributed by atoms with E-state index in [9.17, 15) is 8.42 Å². The van der Waals surface area contributed by atoms with Gasteiger partial charge in [0.2, 0.25) is 0 Å². The minimum atomic E-state index is -4.16. The van der Waals surface area contributed by atoms with Crippen molar-refractivity contribution in [1.82, 2.24) is 4.90 Å². The molecule has 0 radical (unpaired) electrons. The van der Waals surface area contributed by atoms with Crippen molar-refractivity contribution in [3.05, 3.63) is 37.1 Å². The van der Waals surface area contributed by atoms with Gasteiger partial charge in [0.1, 0.15) is 0 Å². The molecule has 86 valence electrons. The van der Waals surface area contributed by atoms with Gasteiger partial charge in [-0.05, 0) is 12.3 Å². The summed E-state index contributed by atoms with van der Waals surface area (Å²) in [6.45, 7) is 3.71. The first kappa shape index (κ1) is 13.9. The molecule has 1 aliphatic heterocycles. The van der Waals surface area contributed by atoms with Crippen molar-refractivity contribution in [2.75, 3.05) is 14.2 Å². The van der Waals surface area contributed by atoms with Crippen LogP contribution in [-0.2, 0) is 14.6 Å². The largest absolute Gasteiger partial charge is 0.397 e. The molecule has 0 fully saturated rings. The lowest BCUT2D eigenvalue weighted by Crippen LogP contribution is -2.23. The molecule has 6 heteroatoms. The van der Waals surface area contributed by atoms with E-state index in [0.717, 1.165) is 7.11 Å². The minimum absolute atomic E-state index is 0.384. The number of hydrogen-bond donors (Lipinski definition) is 1. The smallest absolute Gasteiger partial charge is 0.371 e. The first-order chi connectivity index (χ1) is 6.90. The van der Waals surface area contributed by atoms with Crippen LogP contribution in [0, 0.1) is 0 Å². The number of hydrogen-bond acceptors (Lipinski definition) is 4. The quantitative estimate of drug-likeness (QED) is 0.569. The van der Waals surface area contributed by atoms with Gasteiger partial charge < -0.3 is 4.90 Å². The van der Waals surface area contributed by atoms with Gasteiger partial charge >= 0.3 is 10.4 Å². The standard InChI is InChI=1S/C8H11N.CH4O4S/c1-3-8-6-4-5-7-9(8)2;1-5-6(2,3)4/h3-8H,1H2,2H3;1H3,(H,2,3,4). The predicted octanol–water partition coefficient (Wildman–Crippen LogP) is 0.992. The lowest BCUT2D eigenvalue weighted by Gasteiger charge is -2.22. The molecule has 0 aliphatic carbocycles. The Labute approximate surface area is 90.3 Å². The number of likely N-dealkylation sites (N-methyl/N-ethyl adjacent to an activating group) is 1. The van der Waals surface area contributed by atoms with Crippen molar-refractivity contribution in [3.8, 4) is 0 Å². The normalized spacial score (nSPS) is 19.4. The van der Waals surface area contributed by atoms with E-state index < -0.39 is 10.4 Å². The Kier molecular flexibility index (Phi) is 5.92. The summed E-state index contributed by atoms with van der Waals surface area (Å²) in [6, 6.07) is 0.384. The lowest BCUT2D eigenvalue weighted by molar-refractivity contribution is 0.324. The molecule has 0 saturated carbocycles. The second-order valence-electron chi connectivity index (χ2n) is 2.71. The van der Waals surface area contributed by atoms with Crippen molar-refractivity contribution in [2.24, 2.45) is 0 Å².